The van der Waals surface area contributed by atoms with Gasteiger partial charge in [0, 0.05) is 5.56 Å². The summed E-state index contributed by atoms with van der Waals surface area (Å²) in [7, 11) is 1.57. The van der Waals surface area contributed by atoms with E-state index in [9.17, 15) is 9.18 Å². The van der Waals surface area contributed by atoms with Crippen LogP contribution in [0.2, 0.25) is 0 Å². The number of rotatable bonds is 3. The van der Waals surface area contributed by atoms with Gasteiger partial charge in [-0.05, 0) is 55.3 Å². The highest BCUT2D eigenvalue weighted by Crippen LogP contribution is 2.21. The van der Waals surface area contributed by atoms with Crippen molar-refractivity contribution in [2.75, 3.05) is 7.11 Å². The number of halogens is 1. The largest absolute Gasteiger partial charge is 0.496 e. The maximum absolute atomic E-state index is 13.8. The molecule has 3 heteroatoms. The normalized spacial score (nSPS) is 10.3. The van der Waals surface area contributed by atoms with Crippen molar-refractivity contribution in [3.63, 3.8) is 0 Å². The van der Waals surface area contributed by atoms with Gasteiger partial charge in [-0.1, -0.05) is 6.07 Å². The van der Waals surface area contributed by atoms with E-state index in [1.165, 1.54) is 12.1 Å². The van der Waals surface area contributed by atoms with Crippen LogP contribution in [-0.4, -0.2) is 12.9 Å². The Morgan fingerprint density at radius 1 is 1.11 bits per heavy atom. The van der Waals surface area contributed by atoms with E-state index in [-0.39, 0.29) is 11.3 Å². The van der Waals surface area contributed by atoms with Crippen LogP contribution >= 0.6 is 0 Å². The Morgan fingerprint density at radius 2 is 1.84 bits per heavy atom. The number of ketones is 1. The molecule has 0 N–H and O–H groups in total. The van der Waals surface area contributed by atoms with Crippen LogP contribution in [0.1, 0.15) is 27.0 Å². The van der Waals surface area contributed by atoms with E-state index >= 15 is 0 Å². The van der Waals surface area contributed by atoms with Gasteiger partial charge in [0.25, 0.3) is 0 Å². The quantitative estimate of drug-likeness (QED) is 0.785. The van der Waals surface area contributed by atoms with Gasteiger partial charge in [0.05, 0.1) is 12.7 Å². The average molecular weight is 258 g/mol. The third-order valence-electron chi connectivity index (χ3n) is 3.03. The summed E-state index contributed by atoms with van der Waals surface area (Å²) >= 11 is 0. The second-order valence-corrected chi connectivity index (χ2v) is 4.50. The second kappa shape index (κ2) is 5.22. The molecule has 0 fully saturated rings. The van der Waals surface area contributed by atoms with Crippen molar-refractivity contribution < 1.29 is 13.9 Å². The number of benzene rings is 2. The molecule has 0 aliphatic carbocycles. The van der Waals surface area contributed by atoms with Crippen molar-refractivity contribution in [1.29, 1.82) is 0 Å². The SMILES string of the molecule is COc1ccc(C(=O)c2ccc(C)cc2F)cc1C. The molecule has 0 saturated carbocycles. The molecular weight excluding hydrogens is 243 g/mol. The fourth-order valence-electron chi connectivity index (χ4n) is 1.98. The summed E-state index contributed by atoms with van der Waals surface area (Å²) in [6.45, 7) is 3.63. The van der Waals surface area contributed by atoms with Gasteiger partial charge in [0.2, 0.25) is 0 Å². The van der Waals surface area contributed by atoms with Crippen LogP contribution in [-0.2, 0) is 0 Å². The smallest absolute Gasteiger partial charge is 0.195 e. The highest BCUT2D eigenvalue weighted by Gasteiger charge is 2.14. The van der Waals surface area contributed by atoms with Crippen LogP contribution in [0.15, 0.2) is 36.4 Å². The van der Waals surface area contributed by atoms with Gasteiger partial charge in [-0.3, -0.25) is 4.79 Å². The molecule has 0 bridgehead atoms. The molecule has 0 aliphatic heterocycles. The van der Waals surface area contributed by atoms with Gasteiger partial charge < -0.3 is 4.74 Å². The predicted octanol–water partition coefficient (Wildman–Crippen LogP) is 3.68. The van der Waals surface area contributed by atoms with Crippen molar-refractivity contribution in [3.8, 4) is 5.75 Å². The molecule has 2 nitrogen and oxygen atoms in total. The van der Waals surface area contributed by atoms with Crippen LogP contribution in [0.25, 0.3) is 0 Å². The van der Waals surface area contributed by atoms with Gasteiger partial charge in [-0.2, -0.15) is 0 Å². The van der Waals surface area contributed by atoms with E-state index in [2.05, 4.69) is 0 Å². The number of hydrogen-bond acceptors (Lipinski definition) is 2. The molecule has 98 valence electrons. The molecule has 2 aromatic rings. The molecule has 0 radical (unpaired) electrons. The monoisotopic (exact) mass is 258 g/mol. The molecular formula is C16H15FO2. The summed E-state index contributed by atoms with van der Waals surface area (Å²) < 4.78 is 18.9. The fraction of sp³-hybridized carbons (Fsp3) is 0.188. The first kappa shape index (κ1) is 13.3. The minimum absolute atomic E-state index is 0.0927. The third-order valence-corrected chi connectivity index (χ3v) is 3.03. The van der Waals surface area contributed by atoms with Gasteiger partial charge in [0.15, 0.2) is 5.78 Å². The van der Waals surface area contributed by atoms with E-state index in [1.54, 1.807) is 38.3 Å². The Hall–Kier alpha value is -2.16. The average Bonchev–Trinajstić information content (AvgIpc) is 2.38. The third kappa shape index (κ3) is 2.65. The molecule has 0 spiro atoms. The first-order valence-corrected chi connectivity index (χ1v) is 5.98. The molecule has 0 amide bonds. The molecule has 0 aromatic heterocycles. The Bertz CT molecular complexity index is 633. The van der Waals surface area contributed by atoms with Crippen LogP contribution < -0.4 is 4.74 Å². The van der Waals surface area contributed by atoms with E-state index in [0.29, 0.717) is 11.3 Å². The van der Waals surface area contributed by atoms with Gasteiger partial charge in [-0.15, -0.1) is 0 Å². The Kier molecular flexibility index (Phi) is 3.65. The molecule has 0 atom stereocenters. The zero-order valence-electron chi connectivity index (χ0n) is 11.2. The first-order valence-electron chi connectivity index (χ1n) is 5.98. The Labute approximate surface area is 111 Å². The highest BCUT2D eigenvalue weighted by molar-refractivity contribution is 6.09. The minimum Gasteiger partial charge on any atom is -0.496 e. The van der Waals surface area contributed by atoms with E-state index < -0.39 is 5.82 Å². The first-order chi connectivity index (χ1) is 9.02. The lowest BCUT2D eigenvalue weighted by molar-refractivity contribution is 0.103. The fourth-order valence-corrected chi connectivity index (χ4v) is 1.98. The number of carbonyl (C=O) groups is 1. The van der Waals surface area contributed by atoms with Crippen LogP contribution in [0.3, 0.4) is 0 Å². The maximum Gasteiger partial charge on any atom is 0.195 e. The second-order valence-electron chi connectivity index (χ2n) is 4.50. The van der Waals surface area contributed by atoms with Gasteiger partial charge in [-0.25, -0.2) is 4.39 Å². The van der Waals surface area contributed by atoms with Crippen molar-refractivity contribution in [2.45, 2.75) is 13.8 Å². The van der Waals surface area contributed by atoms with Crippen molar-refractivity contribution in [3.05, 3.63) is 64.5 Å². The predicted molar refractivity (Wildman–Crippen MR) is 72.3 cm³/mol. The highest BCUT2D eigenvalue weighted by atomic mass is 19.1. The summed E-state index contributed by atoms with van der Waals surface area (Å²) in [6.07, 6.45) is 0. The van der Waals surface area contributed by atoms with Crippen molar-refractivity contribution in [1.82, 2.24) is 0 Å². The maximum atomic E-state index is 13.8. The summed E-state index contributed by atoms with van der Waals surface area (Å²) in [6, 6.07) is 9.69. The van der Waals surface area contributed by atoms with Crippen LogP contribution in [0.4, 0.5) is 4.39 Å². The Morgan fingerprint density at radius 3 is 2.42 bits per heavy atom. The van der Waals surface area contributed by atoms with E-state index in [1.807, 2.05) is 6.92 Å². The molecule has 2 rings (SSSR count). The lowest BCUT2D eigenvalue weighted by Crippen LogP contribution is -2.05. The zero-order valence-corrected chi connectivity index (χ0v) is 11.2. The topological polar surface area (TPSA) is 26.3 Å². The van der Waals surface area contributed by atoms with Gasteiger partial charge >= 0.3 is 0 Å². The summed E-state index contributed by atoms with van der Waals surface area (Å²) in [4.78, 5) is 12.2. The minimum atomic E-state index is -0.488. The Balaban J connectivity index is 2.41. The molecule has 0 heterocycles. The summed E-state index contributed by atoms with van der Waals surface area (Å²) in [5, 5.41) is 0. The number of hydrogen-bond donors (Lipinski definition) is 0. The standard InChI is InChI=1S/C16H15FO2/c1-10-4-6-13(14(17)8-10)16(18)12-5-7-15(19-3)11(2)9-12/h4-9H,1-3H3. The molecule has 0 unspecified atom stereocenters. The van der Waals surface area contributed by atoms with E-state index in [0.717, 1.165) is 11.1 Å². The van der Waals surface area contributed by atoms with Crippen molar-refractivity contribution >= 4 is 5.78 Å². The number of carbonyl (C=O) groups excluding carboxylic acids is 1. The van der Waals surface area contributed by atoms with Crippen LogP contribution in [0.5, 0.6) is 5.75 Å². The molecule has 0 saturated heterocycles. The molecule has 0 aliphatic rings. The lowest BCUT2D eigenvalue weighted by Gasteiger charge is -2.08. The lowest BCUT2D eigenvalue weighted by atomic mass is 10.00. The van der Waals surface area contributed by atoms with Crippen molar-refractivity contribution in [2.24, 2.45) is 0 Å². The van der Waals surface area contributed by atoms with E-state index in [4.69, 9.17) is 4.74 Å². The number of methoxy groups -OCH3 is 1. The summed E-state index contributed by atoms with van der Waals surface area (Å²) in [5.41, 5.74) is 2.19. The molecule has 19 heavy (non-hydrogen) atoms. The van der Waals surface area contributed by atoms with Crippen LogP contribution in [0, 0.1) is 19.7 Å². The molecule has 2 aromatic carbocycles. The zero-order chi connectivity index (χ0) is 14.0. The van der Waals surface area contributed by atoms with Gasteiger partial charge in [0.1, 0.15) is 11.6 Å². The number of ether oxygens (including phenoxy) is 1. The number of aryl methyl sites for hydroxylation is 2. The summed E-state index contributed by atoms with van der Waals surface area (Å²) in [5.74, 6) is -0.0948.